The maximum atomic E-state index is 9.10. The van der Waals surface area contributed by atoms with Crippen LogP contribution in [-0.4, -0.2) is 67.4 Å². The van der Waals surface area contributed by atoms with Gasteiger partial charge in [0.2, 0.25) is 0 Å². The topological polar surface area (TPSA) is 121 Å². The molecule has 3 aromatic rings. The summed E-state index contributed by atoms with van der Waals surface area (Å²) in [6, 6.07) is 9.46. The lowest BCUT2D eigenvalue weighted by Gasteiger charge is -2.13. The number of aliphatic carboxylic acids is 2. The van der Waals surface area contributed by atoms with Crippen molar-refractivity contribution in [2.45, 2.75) is 23.9 Å². The Labute approximate surface area is 205 Å². The molecule has 12 heteroatoms. The van der Waals surface area contributed by atoms with E-state index in [0.717, 1.165) is 41.6 Å². The number of hydrogen-bond donors (Lipinski definition) is 2. The molecule has 0 amide bonds. The van der Waals surface area contributed by atoms with Crippen LogP contribution >= 0.6 is 35.0 Å². The first-order chi connectivity index (χ1) is 15.7. The zero-order valence-corrected chi connectivity index (χ0v) is 20.3. The summed E-state index contributed by atoms with van der Waals surface area (Å²) >= 11 is 14.2. The highest BCUT2D eigenvalue weighted by molar-refractivity contribution is 7.98. The van der Waals surface area contributed by atoms with Gasteiger partial charge in [-0.3, -0.25) is 4.98 Å². The molecule has 0 aliphatic rings. The first-order valence-electron chi connectivity index (χ1n) is 9.71. The number of hydrogen-bond acceptors (Lipinski definition) is 7. The van der Waals surface area contributed by atoms with Crippen molar-refractivity contribution < 1.29 is 19.8 Å². The number of carbonyl (C=O) groups is 2. The number of benzene rings is 1. The molecule has 0 saturated carbocycles. The largest absolute Gasteiger partial charge is 0.473 e. The minimum Gasteiger partial charge on any atom is -0.473 e. The van der Waals surface area contributed by atoms with Gasteiger partial charge in [-0.2, -0.15) is 0 Å². The lowest BCUT2D eigenvalue weighted by atomic mass is 10.2. The number of rotatable bonds is 8. The van der Waals surface area contributed by atoms with Gasteiger partial charge in [-0.1, -0.05) is 41.0 Å². The van der Waals surface area contributed by atoms with Crippen molar-refractivity contribution in [3.05, 3.63) is 58.3 Å². The van der Waals surface area contributed by atoms with Crippen molar-refractivity contribution in [1.29, 1.82) is 0 Å². The van der Waals surface area contributed by atoms with Gasteiger partial charge >= 0.3 is 11.9 Å². The Kier molecular flexibility index (Phi) is 10.6. The van der Waals surface area contributed by atoms with Crippen molar-refractivity contribution in [2.24, 2.45) is 0 Å². The van der Waals surface area contributed by atoms with Gasteiger partial charge in [0.25, 0.3) is 0 Å². The van der Waals surface area contributed by atoms with Crippen LogP contribution in [0.25, 0.3) is 11.4 Å². The second-order valence-electron chi connectivity index (χ2n) is 6.95. The molecule has 0 aliphatic carbocycles. The Morgan fingerprint density at radius 1 is 1.03 bits per heavy atom. The number of thioether (sulfide) groups is 1. The molecule has 0 radical (unpaired) electrons. The van der Waals surface area contributed by atoms with E-state index in [-0.39, 0.29) is 0 Å². The first kappa shape index (κ1) is 26.6. The summed E-state index contributed by atoms with van der Waals surface area (Å²) in [4.78, 5) is 24.5. The molecule has 0 unspecified atom stereocenters. The Hall–Kier alpha value is -2.66. The lowest BCUT2D eigenvalue weighted by molar-refractivity contribution is -0.159. The standard InChI is InChI=1S/C19H21Cl2N5S.C2H2O4/c1-25(2)11-4-12-26-18(14-7-9-22-10-8-14)23-24-19(26)27-13-15-16(20)5-3-6-17(15)21;3-1(4)2(5)6/h3,5-10H,4,11-13H2,1-2H3;(H,3,4)(H,5,6). The Morgan fingerprint density at radius 2 is 1.64 bits per heavy atom. The summed E-state index contributed by atoms with van der Waals surface area (Å²) in [7, 11) is 4.15. The minimum absolute atomic E-state index is 0.640. The highest BCUT2D eigenvalue weighted by Gasteiger charge is 2.16. The van der Waals surface area contributed by atoms with Crippen LogP contribution < -0.4 is 0 Å². The molecule has 0 spiro atoms. The highest BCUT2D eigenvalue weighted by Crippen LogP contribution is 2.32. The molecule has 1 aromatic carbocycles. The maximum absolute atomic E-state index is 9.10. The van der Waals surface area contributed by atoms with Crippen LogP contribution in [0.4, 0.5) is 0 Å². The molecule has 0 saturated heterocycles. The van der Waals surface area contributed by atoms with Crippen molar-refractivity contribution in [1.82, 2.24) is 24.6 Å². The van der Waals surface area contributed by atoms with Gasteiger partial charge in [0.05, 0.1) is 0 Å². The van der Waals surface area contributed by atoms with Gasteiger partial charge in [-0.25, -0.2) is 9.59 Å². The molecule has 176 valence electrons. The van der Waals surface area contributed by atoms with E-state index in [1.54, 1.807) is 24.2 Å². The van der Waals surface area contributed by atoms with Gasteiger partial charge in [0.1, 0.15) is 0 Å². The molecule has 33 heavy (non-hydrogen) atoms. The third-order valence-corrected chi connectivity index (χ3v) is 5.93. The summed E-state index contributed by atoms with van der Waals surface area (Å²) in [6.45, 7) is 1.83. The third-order valence-electron chi connectivity index (χ3n) is 4.23. The van der Waals surface area contributed by atoms with Crippen LogP contribution in [0.3, 0.4) is 0 Å². The van der Waals surface area contributed by atoms with Crippen molar-refractivity contribution in [3.63, 3.8) is 0 Å². The number of pyridine rings is 1. The average molecular weight is 512 g/mol. The Balaban J connectivity index is 0.000000569. The molecule has 2 heterocycles. The van der Waals surface area contributed by atoms with Crippen molar-refractivity contribution in [2.75, 3.05) is 20.6 Å². The number of nitrogens with zero attached hydrogens (tertiary/aromatic N) is 5. The molecule has 2 N–H and O–H groups in total. The van der Waals surface area contributed by atoms with E-state index in [1.165, 1.54) is 0 Å². The fourth-order valence-electron chi connectivity index (χ4n) is 2.66. The zero-order chi connectivity index (χ0) is 24.4. The fraction of sp³-hybridized carbons (Fsp3) is 0.286. The van der Waals surface area contributed by atoms with E-state index in [9.17, 15) is 0 Å². The van der Waals surface area contributed by atoms with E-state index in [1.807, 2.05) is 30.3 Å². The first-order valence-corrected chi connectivity index (χ1v) is 11.4. The van der Waals surface area contributed by atoms with Gasteiger partial charge < -0.3 is 19.7 Å². The summed E-state index contributed by atoms with van der Waals surface area (Å²) in [5, 5.41) is 25.8. The van der Waals surface area contributed by atoms with Crippen LogP contribution in [0, 0.1) is 0 Å². The molecule has 9 nitrogen and oxygen atoms in total. The van der Waals surface area contributed by atoms with E-state index >= 15 is 0 Å². The van der Waals surface area contributed by atoms with E-state index < -0.39 is 11.9 Å². The van der Waals surface area contributed by atoms with Gasteiger partial charge in [0, 0.05) is 40.3 Å². The molecule has 0 bridgehead atoms. The lowest BCUT2D eigenvalue weighted by Crippen LogP contribution is -2.15. The minimum atomic E-state index is -1.82. The normalized spacial score (nSPS) is 10.6. The molecule has 0 aliphatic heterocycles. The molecule has 0 fully saturated rings. The zero-order valence-electron chi connectivity index (χ0n) is 18.0. The second-order valence-corrected chi connectivity index (χ2v) is 8.71. The van der Waals surface area contributed by atoms with Gasteiger partial charge in [-0.15, -0.1) is 10.2 Å². The maximum Gasteiger partial charge on any atom is 0.414 e. The van der Waals surface area contributed by atoms with Crippen LogP contribution in [0.2, 0.25) is 10.0 Å². The summed E-state index contributed by atoms with van der Waals surface area (Å²) < 4.78 is 2.16. The smallest absolute Gasteiger partial charge is 0.414 e. The SMILES string of the molecule is CN(C)CCCn1c(SCc2c(Cl)cccc2Cl)nnc1-c1ccncc1.O=C(O)C(=O)O. The Bertz CT molecular complexity index is 1050. The predicted molar refractivity (Wildman–Crippen MR) is 128 cm³/mol. The van der Waals surface area contributed by atoms with Crippen molar-refractivity contribution >= 4 is 46.9 Å². The molecular weight excluding hydrogens is 489 g/mol. The van der Waals surface area contributed by atoms with E-state index in [2.05, 4.69) is 38.7 Å². The molecule has 2 aromatic heterocycles. The predicted octanol–water partition coefficient (Wildman–Crippen LogP) is 4.05. The van der Waals surface area contributed by atoms with Crippen LogP contribution in [0.5, 0.6) is 0 Å². The highest BCUT2D eigenvalue weighted by atomic mass is 35.5. The summed E-state index contributed by atoms with van der Waals surface area (Å²) in [5.74, 6) is -2.16. The third kappa shape index (κ3) is 8.32. The summed E-state index contributed by atoms with van der Waals surface area (Å²) in [6.07, 6.45) is 4.54. The van der Waals surface area contributed by atoms with Crippen molar-refractivity contribution in [3.8, 4) is 11.4 Å². The second kappa shape index (κ2) is 13.1. The van der Waals surface area contributed by atoms with Crippen LogP contribution in [0.15, 0.2) is 47.9 Å². The number of aromatic nitrogens is 4. The molecule has 3 rings (SSSR count). The van der Waals surface area contributed by atoms with E-state index in [0.29, 0.717) is 15.8 Å². The number of carboxylic acids is 2. The quantitative estimate of drug-likeness (QED) is 0.340. The molecular formula is C21H23Cl2N5O4S. The number of halogens is 2. The summed E-state index contributed by atoms with van der Waals surface area (Å²) in [5.41, 5.74) is 1.92. The number of carboxylic acid groups (broad SMARTS) is 2. The fourth-order valence-corrected chi connectivity index (χ4v) is 4.37. The van der Waals surface area contributed by atoms with Crippen LogP contribution in [0.1, 0.15) is 12.0 Å². The van der Waals surface area contributed by atoms with Gasteiger partial charge in [0.15, 0.2) is 11.0 Å². The molecule has 0 atom stereocenters. The van der Waals surface area contributed by atoms with E-state index in [4.69, 9.17) is 43.0 Å². The van der Waals surface area contributed by atoms with Crippen LogP contribution in [-0.2, 0) is 21.9 Å². The Morgan fingerprint density at radius 3 is 2.18 bits per heavy atom. The monoisotopic (exact) mass is 511 g/mol. The average Bonchev–Trinajstić information content (AvgIpc) is 3.17. The van der Waals surface area contributed by atoms with Gasteiger partial charge in [-0.05, 0) is 56.9 Å².